The van der Waals surface area contributed by atoms with Crippen LogP contribution in [0.15, 0.2) is 12.1 Å². The molecule has 0 aliphatic heterocycles. The fourth-order valence-corrected chi connectivity index (χ4v) is 1.99. The number of hydrogen-bond donors (Lipinski definition) is 2. The summed E-state index contributed by atoms with van der Waals surface area (Å²) in [6.07, 6.45) is 0.623. The molecule has 3 nitrogen and oxygen atoms in total. The molecule has 2 N–H and O–H groups in total. The lowest BCUT2D eigenvalue weighted by molar-refractivity contribution is 0.191. The third-order valence-electron chi connectivity index (χ3n) is 2.79. The summed E-state index contributed by atoms with van der Waals surface area (Å²) in [6, 6.07) is 4.24. The topological polar surface area (TPSA) is 41.5 Å². The number of nitrogens with one attached hydrogen (secondary N) is 1. The molecule has 3 heteroatoms. The van der Waals surface area contributed by atoms with Crippen molar-refractivity contribution in [2.45, 2.75) is 33.3 Å². The van der Waals surface area contributed by atoms with Gasteiger partial charge in [0.05, 0.1) is 13.2 Å². The summed E-state index contributed by atoms with van der Waals surface area (Å²) in [5.41, 5.74) is 3.73. The predicted octanol–water partition coefficient (Wildman–Crippen LogP) is 1.82. The van der Waals surface area contributed by atoms with Crippen molar-refractivity contribution in [3.63, 3.8) is 0 Å². The molecule has 0 heterocycles. The first kappa shape index (κ1) is 14.0. The Balaban J connectivity index is 2.63. The number of aryl methyl sites for hydroxylation is 2. The molecule has 1 aromatic carbocycles. The van der Waals surface area contributed by atoms with Gasteiger partial charge in [0.1, 0.15) is 5.75 Å². The average Bonchev–Trinajstić information content (AvgIpc) is 2.25. The van der Waals surface area contributed by atoms with E-state index in [9.17, 15) is 0 Å². The van der Waals surface area contributed by atoms with Gasteiger partial charge in [0.2, 0.25) is 0 Å². The summed E-state index contributed by atoms with van der Waals surface area (Å²) >= 11 is 0. The lowest BCUT2D eigenvalue weighted by Crippen LogP contribution is -2.26. The minimum atomic E-state index is -0.295. The van der Waals surface area contributed by atoms with E-state index in [1.165, 1.54) is 16.7 Å². The SMILES string of the molecule is COc1cc(C)cc(C)c1CCNCC(C)O. The maximum atomic E-state index is 9.15. The zero-order valence-corrected chi connectivity index (χ0v) is 11.2. The second-order valence-corrected chi connectivity index (χ2v) is 4.57. The molecule has 96 valence electrons. The van der Waals surface area contributed by atoms with E-state index in [1.807, 2.05) is 0 Å². The van der Waals surface area contributed by atoms with E-state index in [-0.39, 0.29) is 6.10 Å². The zero-order valence-electron chi connectivity index (χ0n) is 11.2. The fourth-order valence-electron chi connectivity index (χ4n) is 1.99. The van der Waals surface area contributed by atoms with Gasteiger partial charge in [-0.05, 0) is 56.5 Å². The van der Waals surface area contributed by atoms with E-state index in [0.717, 1.165) is 18.7 Å². The number of benzene rings is 1. The largest absolute Gasteiger partial charge is 0.496 e. The van der Waals surface area contributed by atoms with Crippen molar-refractivity contribution in [1.29, 1.82) is 0 Å². The third-order valence-corrected chi connectivity index (χ3v) is 2.79. The molecule has 1 atom stereocenters. The molecule has 0 aliphatic carbocycles. The standard InChI is InChI=1S/C14H23NO2/c1-10-7-11(2)13(14(8-10)17-4)5-6-15-9-12(3)16/h7-8,12,15-16H,5-6,9H2,1-4H3. The molecule has 1 unspecified atom stereocenters. The molecule has 0 saturated heterocycles. The number of rotatable bonds is 6. The summed E-state index contributed by atoms with van der Waals surface area (Å²) in [5.74, 6) is 0.960. The van der Waals surface area contributed by atoms with E-state index < -0.39 is 0 Å². The van der Waals surface area contributed by atoms with Crippen LogP contribution in [-0.4, -0.2) is 31.4 Å². The minimum Gasteiger partial charge on any atom is -0.496 e. The Morgan fingerprint density at radius 2 is 2.06 bits per heavy atom. The second-order valence-electron chi connectivity index (χ2n) is 4.57. The van der Waals surface area contributed by atoms with Gasteiger partial charge in [-0.2, -0.15) is 0 Å². The molecule has 0 saturated carbocycles. The van der Waals surface area contributed by atoms with Crippen LogP contribution in [0.2, 0.25) is 0 Å². The van der Waals surface area contributed by atoms with E-state index in [0.29, 0.717) is 6.54 Å². The molecule has 0 radical (unpaired) electrons. The lowest BCUT2D eigenvalue weighted by Gasteiger charge is -2.14. The lowest BCUT2D eigenvalue weighted by atomic mass is 10.0. The molecule has 0 amide bonds. The Morgan fingerprint density at radius 1 is 1.35 bits per heavy atom. The first-order valence-electron chi connectivity index (χ1n) is 6.07. The molecule has 1 aromatic rings. The highest BCUT2D eigenvalue weighted by Gasteiger charge is 2.07. The highest BCUT2D eigenvalue weighted by molar-refractivity contribution is 5.43. The molecule has 0 bridgehead atoms. The maximum absolute atomic E-state index is 9.15. The van der Waals surface area contributed by atoms with E-state index >= 15 is 0 Å². The average molecular weight is 237 g/mol. The summed E-state index contributed by atoms with van der Waals surface area (Å²) in [7, 11) is 1.71. The maximum Gasteiger partial charge on any atom is 0.122 e. The smallest absolute Gasteiger partial charge is 0.122 e. The van der Waals surface area contributed by atoms with Gasteiger partial charge >= 0.3 is 0 Å². The van der Waals surface area contributed by atoms with Crippen LogP contribution in [0.4, 0.5) is 0 Å². The number of hydrogen-bond acceptors (Lipinski definition) is 3. The van der Waals surface area contributed by atoms with E-state index in [1.54, 1.807) is 14.0 Å². The summed E-state index contributed by atoms with van der Waals surface area (Å²) in [5, 5.41) is 12.4. The van der Waals surface area contributed by atoms with Crippen molar-refractivity contribution < 1.29 is 9.84 Å². The number of aliphatic hydroxyl groups is 1. The highest BCUT2D eigenvalue weighted by atomic mass is 16.5. The van der Waals surface area contributed by atoms with Gasteiger partial charge in [-0.25, -0.2) is 0 Å². The van der Waals surface area contributed by atoms with E-state index in [2.05, 4.69) is 31.3 Å². The van der Waals surface area contributed by atoms with Gasteiger partial charge in [-0.3, -0.25) is 0 Å². The van der Waals surface area contributed by atoms with Crippen molar-refractivity contribution in [2.75, 3.05) is 20.2 Å². The molecular formula is C14H23NO2. The normalized spacial score (nSPS) is 12.5. The fraction of sp³-hybridized carbons (Fsp3) is 0.571. The van der Waals surface area contributed by atoms with Crippen molar-refractivity contribution in [3.05, 3.63) is 28.8 Å². The molecule has 17 heavy (non-hydrogen) atoms. The van der Waals surface area contributed by atoms with E-state index in [4.69, 9.17) is 9.84 Å². The Hall–Kier alpha value is -1.06. The Kier molecular flexibility index (Phi) is 5.45. The number of aliphatic hydroxyl groups excluding tert-OH is 1. The van der Waals surface area contributed by atoms with Crippen molar-refractivity contribution in [2.24, 2.45) is 0 Å². The number of ether oxygens (including phenoxy) is 1. The zero-order chi connectivity index (χ0) is 12.8. The van der Waals surface area contributed by atoms with Crippen LogP contribution in [0.3, 0.4) is 0 Å². The van der Waals surface area contributed by atoms with Gasteiger partial charge < -0.3 is 15.2 Å². The molecule has 0 aromatic heterocycles. The summed E-state index contributed by atoms with van der Waals surface area (Å²) in [6.45, 7) is 7.45. The molecule has 0 fully saturated rings. The Labute approximate surface area is 104 Å². The van der Waals surface area contributed by atoms with Gasteiger partial charge in [-0.15, -0.1) is 0 Å². The quantitative estimate of drug-likeness (QED) is 0.742. The summed E-state index contributed by atoms with van der Waals surface area (Å²) < 4.78 is 5.41. The van der Waals surface area contributed by atoms with Crippen LogP contribution in [0.5, 0.6) is 5.75 Å². The second kappa shape index (κ2) is 6.62. The molecular weight excluding hydrogens is 214 g/mol. The van der Waals surface area contributed by atoms with Crippen LogP contribution in [0.1, 0.15) is 23.6 Å². The van der Waals surface area contributed by atoms with Crippen molar-refractivity contribution in [1.82, 2.24) is 5.32 Å². The van der Waals surface area contributed by atoms with Gasteiger partial charge in [0.25, 0.3) is 0 Å². The molecule has 0 aliphatic rings. The molecule has 0 spiro atoms. The highest BCUT2D eigenvalue weighted by Crippen LogP contribution is 2.24. The first-order valence-corrected chi connectivity index (χ1v) is 6.07. The van der Waals surface area contributed by atoms with Crippen LogP contribution in [-0.2, 0) is 6.42 Å². The van der Waals surface area contributed by atoms with Crippen LogP contribution in [0.25, 0.3) is 0 Å². The van der Waals surface area contributed by atoms with Gasteiger partial charge in [-0.1, -0.05) is 6.07 Å². The first-order chi connectivity index (χ1) is 8.04. The number of methoxy groups -OCH3 is 1. The van der Waals surface area contributed by atoms with Gasteiger partial charge in [0, 0.05) is 6.54 Å². The monoisotopic (exact) mass is 237 g/mol. The van der Waals surface area contributed by atoms with Crippen molar-refractivity contribution in [3.8, 4) is 5.75 Å². The third kappa shape index (κ3) is 4.36. The van der Waals surface area contributed by atoms with Crippen LogP contribution in [0, 0.1) is 13.8 Å². The van der Waals surface area contributed by atoms with Crippen LogP contribution >= 0.6 is 0 Å². The summed E-state index contributed by atoms with van der Waals surface area (Å²) in [4.78, 5) is 0. The van der Waals surface area contributed by atoms with Crippen LogP contribution < -0.4 is 10.1 Å². The van der Waals surface area contributed by atoms with Crippen molar-refractivity contribution >= 4 is 0 Å². The predicted molar refractivity (Wildman–Crippen MR) is 70.7 cm³/mol. The van der Waals surface area contributed by atoms with Gasteiger partial charge in [0.15, 0.2) is 0 Å². The molecule has 1 rings (SSSR count). The Bertz CT molecular complexity index is 361. The Morgan fingerprint density at radius 3 is 2.65 bits per heavy atom. The minimum absolute atomic E-state index is 0.295.